The van der Waals surface area contributed by atoms with Crippen molar-refractivity contribution < 1.29 is 9.13 Å². The van der Waals surface area contributed by atoms with Crippen molar-refractivity contribution in [3.8, 4) is 0 Å². The van der Waals surface area contributed by atoms with Crippen LogP contribution in [0.2, 0.25) is 0 Å². The van der Waals surface area contributed by atoms with E-state index < -0.39 is 15.7 Å². The topological polar surface area (TPSA) is 86.2 Å². The largest absolute Gasteiger partial charge is 0.399 e. The van der Waals surface area contributed by atoms with Crippen LogP contribution < -0.4 is 5.73 Å². The minimum Gasteiger partial charge on any atom is -0.399 e. The lowest BCUT2D eigenvalue weighted by atomic mass is 10.2. The smallest absolute Gasteiger partial charge is 0.269 e. The molecule has 0 amide bonds. The molecular weight excluding hydrogens is 276 g/mol. The summed E-state index contributed by atoms with van der Waals surface area (Å²) in [7, 11) is -1.20. The second-order valence-electron chi connectivity index (χ2n) is 4.43. The molecule has 0 saturated heterocycles. The molecule has 0 aliphatic rings. The Balaban J connectivity index is 2.14. The first-order chi connectivity index (χ1) is 9.47. The molecule has 1 unspecified atom stereocenters. The molecule has 5 nitrogen and oxygen atoms in total. The molecule has 0 aliphatic carbocycles. The van der Waals surface area contributed by atoms with Crippen LogP contribution in [0.15, 0.2) is 47.4 Å². The zero-order valence-corrected chi connectivity index (χ0v) is 11.7. The van der Waals surface area contributed by atoms with Gasteiger partial charge >= 0.3 is 0 Å². The zero-order valence-electron chi connectivity index (χ0n) is 10.9. The van der Waals surface area contributed by atoms with Gasteiger partial charge in [0.05, 0.1) is 21.5 Å². The number of nitrogen functional groups attached to an aromatic ring is 1. The van der Waals surface area contributed by atoms with E-state index in [0.29, 0.717) is 16.3 Å². The summed E-state index contributed by atoms with van der Waals surface area (Å²) < 4.78 is 12.2. The number of non-ortho nitro benzene ring substituents is 1. The van der Waals surface area contributed by atoms with E-state index in [0.717, 1.165) is 11.1 Å². The van der Waals surface area contributed by atoms with Crippen molar-refractivity contribution in [1.82, 2.24) is 0 Å². The van der Waals surface area contributed by atoms with Crippen molar-refractivity contribution in [3.63, 3.8) is 0 Å². The summed E-state index contributed by atoms with van der Waals surface area (Å²) in [5, 5.41) is 10.6. The van der Waals surface area contributed by atoms with Gasteiger partial charge in [-0.05, 0) is 36.2 Å². The number of benzene rings is 2. The highest BCUT2D eigenvalue weighted by molar-refractivity contribution is 7.84. The standard InChI is InChI=1S/C14H14N2O3S/c1-10-8-13(6-7-14(10)15)20(19)9-11-2-4-12(5-3-11)16(17)18/h2-8H,9,15H2,1H3. The second-order valence-corrected chi connectivity index (χ2v) is 5.88. The maximum Gasteiger partial charge on any atom is 0.269 e. The number of anilines is 1. The van der Waals surface area contributed by atoms with E-state index in [1.807, 2.05) is 6.92 Å². The highest BCUT2D eigenvalue weighted by Crippen LogP contribution is 2.19. The molecule has 2 rings (SSSR count). The van der Waals surface area contributed by atoms with Crippen molar-refractivity contribution in [3.05, 3.63) is 63.7 Å². The third-order valence-corrected chi connectivity index (χ3v) is 4.32. The minimum absolute atomic E-state index is 0.0304. The first-order valence-electron chi connectivity index (χ1n) is 5.95. The van der Waals surface area contributed by atoms with Crippen LogP contribution in [0.3, 0.4) is 0 Å². The van der Waals surface area contributed by atoms with Gasteiger partial charge in [0.2, 0.25) is 0 Å². The van der Waals surface area contributed by atoms with E-state index in [1.165, 1.54) is 12.1 Å². The first-order valence-corrected chi connectivity index (χ1v) is 7.27. The Kier molecular flexibility index (Phi) is 4.14. The van der Waals surface area contributed by atoms with Crippen molar-refractivity contribution in [2.45, 2.75) is 17.6 Å². The van der Waals surface area contributed by atoms with Crippen LogP contribution in [0, 0.1) is 17.0 Å². The minimum atomic E-state index is -1.20. The molecule has 0 heterocycles. The Morgan fingerprint density at radius 3 is 2.40 bits per heavy atom. The summed E-state index contributed by atoms with van der Waals surface area (Å²) in [6, 6.07) is 11.4. The van der Waals surface area contributed by atoms with Crippen LogP contribution in [0.25, 0.3) is 0 Å². The lowest BCUT2D eigenvalue weighted by molar-refractivity contribution is -0.384. The summed E-state index contributed by atoms with van der Waals surface area (Å²) in [4.78, 5) is 10.8. The summed E-state index contributed by atoms with van der Waals surface area (Å²) in [6.07, 6.45) is 0. The highest BCUT2D eigenvalue weighted by Gasteiger charge is 2.09. The Morgan fingerprint density at radius 1 is 1.20 bits per heavy atom. The maximum atomic E-state index is 12.2. The molecular formula is C14H14N2O3S. The summed E-state index contributed by atoms with van der Waals surface area (Å²) in [5.41, 5.74) is 8.11. The Hall–Kier alpha value is -2.21. The van der Waals surface area contributed by atoms with Crippen LogP contribution in [-0.2, 0) is 16.6 Å². The summed E-state index contributed by atoms with van der Waals surface area (Å²) in [5.74, 6) is 0.321. The van der Waals surface area contributed by atoms with Crippen LogP contribution in [-0.4, -0.2) is 9.13 Å². The van der Waals surface area contributed by atoms with E-state index in [4.69, 9.17) is 5.73 Å². The van der Waals surface area contributed by atoms with Gasteiger partial charge in [-0.3, -0.25) is 14.3 Å². The number of rotatable bonds is 4. The number of hydrogen-bond acceptors (Lipinski definition) is 4. The summed E-state index contributed by atoms with van der Waals surface area (Å²) in [6.45, 7) is 1.86. The Morgan fingerprint density at radius 2 is 1.85 bits per heavy atom. The predicted octanol–water partition coefficient (Wildman–Crippen LogP) is 2.79. The molecule has 0 spiro atoms. The van der Waals surface area contributed by atoms with Crippen LogP contribution >= 0.6 is 0 Å². The quantitative estimate of drug-likeness (QED) is 0.533. The maximum absolute atomic E-state index is 12.2. The van der Waals surface area contributed by atoms with Gasteiger partial charge in [0, 0.05) is 22.7 Å². The van der Waals surface area contributed by atoms with Gasteiger partial charge in [-0.2, -0.15) is 0 Å². The van der Waals surface area contributed by atoms with Gasteiger partial charge in [0.15, 0.2) is 0 Å². The van der Waals surface area contributed by atoms with Crippen molar-refractivity contribution in [2.24, 2.45) is 0 Å². The average Bonchev–Trinajstić information content (AvgIpc) is 2.42. The van der Waals surface area contributed by atoms with Gasteiger partial charge in [0.25, 0.3) is 5.69 Å². The number of aryl methyl sites for hydroxylation is 1. The molecule has 2 aromatic rings. The fourth-order valence-electron chi connectivity index (χ4n) is 1.74. The molecule has 2 aromatic carbocycles. The average molecular weight is 290 g/mol. The van der Waals surface area contributed by atoms with Gasteiger partial charge in [-0.15, -0.1) is 0 Å². The van der Waals surface area contributed by atoms with Crippen molar-refractivity contribution in [1.29, 1.82) is 0 Å². The Bertz CT molecular complexity index is 669. The van der Waals surface area contributed by atoms with E-state index in [1.54, 1.807) is 30.3 Å². The predicted molar refractivity (Wildman–Crippen MR) is 78.8 cm³/mol. The van der Waals surface area contributed by atoms with Gasteiger partial charge in [-0.25, -0.2) is 0 Å². The van der Waals surface area contributed by atoms with Crippen LogP contribution in [0.1, 0.15) is 11.1 Å². The molecule has 0 aliphatic heterocycles. The SMILES string of the molecule is Cc1cc(S(=O)Cc2ccc([N+](=O)[O-])cc2)ccc1N. The fourth-order valence-corrected chi connectivity index (χ4v) is 2.93. The fraction of sp³-hybridized carbons (Fsp3) is 0.143. The summed E-state index contributed by atoms with van der Waals surface area (Å²) >= 11 is 0. The van der Waals surface area contributed by atoms with Gasteiger partial charge in [-0.1, -0.05) is 12.1 Å². The molecule has 0 fully saturated rings. The molecule has 0 saturated carbocycles. The first kappa shape index (κ1) is 14.2. The Labute approximate surface area is 119 Å². The molecule has 2 N–H and O–H groups in total. The monoisotopic (exact) mass is 290 g/mol. The van der Waals surface area contributed by atoms with E-state index in [9.17, 15) is 14.3 Å². The van der Waals surface area contributed by atoms with Gasteiger partial charge in [0.1, 0.15) is 0 Å². The molecule has 6 heteroatoms. The molecule has 0 bridgehead atoms. The molecule has 20 heavy (non-hydrogen) atoms. The van der Waals surface area contributed by atoms with E-state index in [-0.39, 0.29) is 5.69 Å². The molecule has 104 valence electrons. The van der Waals surface area contributed by atoms with Crippen molar-refractivity contribution in [2.75, 3.05) is 5.73 Å². The third kappa shape index (κ3) is 3.21. The van der Waals surface area contributed by atoms with Crippen molar-refractivity contribution >= 4 is 22.2 Å². The lowest BCUT2D eigenvalue weighted by Gasteiger charge is -2.05. The number of nitro groups is 1. The lowest BCUT2D eigenvalue weighted by Crippen LogP contribution is -1.99. The molecule has 0 aromatic heterocycles. The normalized spacial score (nSPS) is 12.1. The van der Waals surface area contributed by atoms with Crippen LogP contribution in [0.5, 0.6) is 0 Å². The number of nitrogens with two attached hydrogens (primary N) is 1. The molecule has 0 radical (unpaired) electrons. The van der Waals surface area contributed by atoms with Gasteiger partial charge < -0.3 is 5.73 Å². The zero-order chi connectivity index (χ0) is 14.7. The van der Waals surface area contributed by atoms with E-state index in [2.05, 4.69) is 0 Å². The molecule has 1 atom stereocenters. The number of hydrogen-bond donors (Lipinski definition) is 1. The van der Waals surface area contributed by atoms with E-state index >= 15 is 0 Å². The second kappa shape index (κ2) is 5.83. The third-order valence-electron chi connectivity index (χ3n) is 2.95. The van der Waals surface area contributed by atoms with Crippen LogP contribution in [0.4, 0.5) is 11.4 Å². The number of nitro benzene ring substituents is 1. The highest BCUT2D eigenvalue weighted by atomic mass is 32.2. The number of nitrogens with zero attached hydrogens (tertiary/aromatic N) is 1.